The molecule has 2 aromatic carbocycles. The second-order valence-corrected chi connectivity index (χ2v) is 11.5. The number of hydrogen-bond acceptors (Lipinski definition) is 5. The number of sulfonamides is 1. The first kappa shape index (κ1) is 26.7. The van der Waals surface area contributed by atoms with Crippen LogP contribution in [0.4, 0.5) is 11.4 Å². The second-order valence-electron chi connectivity index (χ2n) is 8.72. The average Bonchev–Trinajstić information content (AvgIpc) is 3.17. The van der Waals surface area contributed by atoms with Gasteiger partial charge < -0.3 is 4.90 Å². The van der Waals surface area contributed by atoms with Gasteiger partial charge in [-0.1, -0.05) is 37.0 Å². The summed E-state index contributed by atoms with van der Waals surface area (Å²) in [5.41, 5.74) is 3.69. The molecule has 192 valence electrons. The number of halogens is 2. The third kappa shape index (κ3) is 5.47. The van der Waals surface area contributed by atoms with E-state index in [1.807, 2.05) is 39.0 Å². The minimum atomic E-state index is -3.62. The summed E-state index contributed by atoms with van der Waals surface area (Å²) in [7, 11) is -3.62. The van der Waals surface area contributed by atoms with E-state index in [0.29, 0.717) is 40.2 Å². The average molecular weight is 549 g/mol. The summed E-state index contributed by atoms with van der Waals surface area (Å²) in [5.74, 6) is 0. The van der Waals surface area contributed by atoms with Crippen molar-refractivity contribution in [1.82, 2.24) is 14.1 Å². The molecule has 0 N–H and O–H groups in total. The van der Waals surface area contributed by atoms with Crippen LogP contribution in [0, 0.1) is 6.92 Å². The minimum absolute atomic E-state index is 0.235. The smallest absolute Gasteiger partial charge is 0.243 e. The van der Waals surface area contributed by atoms with Gasteiger partial charge in [-0.3, -0.25) is 4.99 Å². The van der Waals surface area contributed by atoms with Gasteiger partial charge in [0.2, 0.25) is 10.0 Å². The molecule has 0 aliphatic carbocycles. The number of rotatable bonds is 8. The van der Waals surface area contributed by atoms with Gasteiger partial charge >= 0.3 is 0 Å². The Morgan fingerprint density at radius 1 is 1.03 bits per heavy atom. The van der Waals surface area contributed by atoms with Crippen LogP contribution in [0.2, 0.25) is 10.2 Å². The molecule has 1 aromatic heterocycles. The van der Waals surface area contributed by atoms with Gasteiger partial charge in [0.1, 0.15) is 5.15 Å². The first-order chi connectivity index (χ1) is 17.3. The van der Waals surface area contributed by atoms with Crippen LogP contribution in [-0.2, 0) is 10.0 Å². The summed E-state index contributed by atoms with van der Waals surface area (Å²) < 4.78 is 29.5. The maximum Gasteiger partial charge on any atom is 0.243 e. The Labute approximate surface area is 223 Å². The van der Waals surface area contributed by atoms with Gasteiger partial charge in [-0.25, -0.2) is 13.1 Å². The van der Waals surface area contributed by atoms with E-state index in [0.717, 1.165) is 37.3 Å². The van der Waals surface area contributed by atoms with Gasteiger partial charge in [0.05, 0.1) is 33.2 Å². The molecule has 0 saturated carbocycles. The van der Waals surface area contributed by atoms with Crippen molar-refractivity contribution in [3.63, 3.8) is 0 Å². The normalized spacial score (nSPS) is 14.8. The molecule has 4 rings (SSSR count). The number of benzene rings is 2. The zero-order valence-electron chi connectivity index (χ0n) is 20.8. The highest BCUT2D eigenvalue weighted by molar-refractivity contribution is 7.89. The van der Waals surface area contributed by atoms with Gasteiger partial charge in [-0.15, -0.1) is 0 Å². The summed E-state index contributed by atoms with van der Waals surface area (Å²) in [4.78, 5) is 7.28. The van der Waals surface area contributed by atoms with Crippen LogP contribution in [0.3, 0.4) is 0 Å². The molecule has 10 heteroatoms. The second kappa shape index (κ2) is 11.3. The van der Waals surface area contributed by atoms with Gasteiger partial charge in [0, 0.05) is 37.4 Å². The predicted octanol–water partition coefficient (Wildman–Crippen LogP) is 6.26. The monoisotopic (exact) mass is 547 g/mol. The fourth-order valence-corrected chi connectivity index (χ4v) is 6.35. The van der Waals surface area contributed by atoms with Gasteiger partial charge in [0.25, 0.3) is 0 Å². The molecule has 2 heterocycles. The first-order valence-corrected chi connectivity index (χ1v) is 14.4. The quantitative estimate of drug-likeness (QED) is 0.312. The van der Waals surface area contributed by atoms with Crippen LogP contribution < -0.4 is 4.90 Å². The summed E-state index contributed by atoms with van der Waals surface area (Å²) in [6.45, 7) is 8.19. The van der Waals surface area contributed by atoms with E-state index in [2.05, 4.69) is 10.00 Å². The van der Waals surface area contributed by atoms with E-state index in [1.165, 1.54) is 10.7 Å². The minimum Gasteiger partial charge on any atom is -0.370 e. The molecular formula is C26H31Cl2N5O2S. The van der Waals surface area contributed by atoms with Crippen molar-refractivity contribution in [3.8, 4) is 5.69 Å². The largest absolute Gasteiger partial charge is 0.370 e. The number of hydrogen-bond donors (Lipinski definition) is 0. The van der Waals surface area contributed by atoms with Gasteiger partial charge in [-0.05, 0) is 68.7 Å². The van der Waals surface area contributed by atoms with Crippen LogP contribution in [0.15, 0.2) is 52.4 Å². The van der Waals surface area contributed by atoms with Crippen LogP contribution in [0.25, 0.3) is 5.69 Å². The number of nitrogens with zero attached hydrogens (tertiary/aromatic N) is 5. The zero-order chi connectivity index (χ0) is 25.9. The maximum atomic E-state index is 13.2. The molecule has 0 unspecified atom stereocenters. The molecule has 0 amide bonds. The van der Waals surface area contributed by atoms with E-state index in [9.17, 15) is 8.42 Å². The summed E-state index contributed by atoms with van der Waals surface area (Å²) in [6, 6.07) is 12.5. The van der Waals surface area contributed by atoms with Gasteiger partial charge in [0.15, 0.2) is 0 Å². The predicted molar refractivity (Wildman–Crippen MR) is 148 cm³/mol. The molecule has 1 aliphatic heterocycles. The van der Waals surface area contributed by atoms with Crippen molar-refractivity contribution in [2.24, 2.45) is 4.99 Å². The maximum absolute atomic E-state index is 13.2. The number of aromatic nitrogens is 2. The van der Waals surface area contributed by atoms with Crippen LogP contribution >= 0.6 is 23.2 Å². The molecule has 1 saturated heterocycles. The third-order valence-corrected chi connectivity index (χ3v) is 9.10. The Kier molecular flexibility index (Phi) is 8.40. The highest BCUT2D eigenvalue weighted by Crippen LogP contribution is 2.34. The van der Waals surface area contributed by atoms with Crippen LogP contribution in [-0.4, -0.2) is 54.9 Å². The van der Waals surface area contributed by atoms with Gasteiger partial charge in [-0.2, -0.15) is 9.40 Å². The summed E-state index contributed by atoms with van der Waals surface area (Å²) >= 11 is 12.7. The van der Waals surface area contributed by atoms with E-state index in [-0.39, 0.29) is 4.90 Å². The highest BCUT2D eigenvalue weighted by atomic mass is 35.5. The molecular weight excluding hydrogens is 517 g/mol. The number of piperidine rings is 1. The number of aryl methyl sites for hydroxylation is 1. The number of aliphatic imine (C=N–C) groups is 1. The zero-order valence-corrected chi connectivity index (χ0v) is 23.1. The Balaban J connectivity index is 1.76. The van der Waals surface area contributed by atoms with Crippen molar-refractivity contribution < 1.29 is 8.42 Å². The fourth-order valence-electron chi connectivity index (χ4n) is 4.43. The van der Waals surface area contributed by atoms with Crippen molar-refractivity contribution >= 4 is 50.8 Å². The standard InChI is InChI=1S/C26H31Cl2N5O2S/c1-4-32(5-2)36(34,35)22-13-14-25(31-15-7-6-8-16-31)24(17-22)29-18-23-19(3)30-33(26(23)28)21-11-9-20(27)10-12-21/h9-14,17-18H,4-8,15-16H2,1-3H3. The third-order valence-electron chi connectivity index (χ3n) is 6.44. The molecule has 0 bridgehead atoms. The Morgan fingerprint density at radius 2 is 1.69 bits per heavy atom. The lowest BCUT2D eigenvalue weighted by Crippen LogP contribution is -2.31. The summed E-state index contributed by atoms with van der Waals surface area (Å²) in [6.07, 6.45) is 5.07. The first-order valence-electron chi connectivity index (χ1n) is 12.2. The van der Waals surface area contributed by atoms with E-state index < -0.39 is 10.0 Å². The van der Waals surface area contributed by atoms with Crippen molar-refractivity contribution in [2.45, 2.75) is 44.9 Å². The molecule has 3 aromatic rings. The lowest BCUT2D eigenvalue weighted by Gasteiger charge is -2.30. The molecule has 0 radical (unpaired) electrons. The van der Waals surface area contributed by atoms with E-state index >= 15 is 0 Å². The fraction of sp³-hybridized carbons (Fsp3) is 0.385. The van der Waals surface area contributed by atoms with Crippen molar-refractivity contribution in [2.75, 3.05) is 31.1 Å². The Hall–Kier alpha value is -2.39. The lowest BCUT2D eigenvalue weighted by atomic mass is 10.1. The molecule has 1 aliphatic rings. The van der Waals surface area contributed by atoms with Crippen LogP contribution in [0.1, 0.15) is 44.4 Å². The van der Waals surface area contributed by atoms with Crippen molar-refractivity contribution in [3.05, 3.63) is 63.9 Å². The SMILES string of the molecule is CCN(CC)S(=O)(=O)c1ccc(N2CCCCC2)c(N=Cc2c(C)nn(-c3ccc(Cl)cc3)c2Cl)c1. The molecule has 36 heavy (non-hydrogen) atoms. The Bertz CT molecular complexity index is 1340. The van der Waals surface area contributed by atoms with E-state index in [1.54, 1.807) is 35.2 Å². The molecule has 0 spiro atoms. The van der Waals surface area contributed by atoms with Crippen molar-refractivity contribution in [1.29, 1.82) is 0 Å². The van der Waals surface area contributed by atoms with Crippen LogP contribution in [0.5, 0.6) is 0 Å². The Morgan fingerprint density at radius 3 is 2.33 bits per heavy atom. The topological polar surface area (TPSA) is 70.8 Å². The van der Waals surface area contributed by atoms with E-state index in [4.69, 9.17) is 28.2 Å². The lowest BCUT2D eigenvalue weighted by molar-refractivity contribution is 0.445. The highest BCUT2D eigenvalue weighted by Gasteiger charge is 2.24. The molecule has 0 atom stereocenters. The number of anilines is 1. The summed E-state index contributed by atoms with van der Waals surface area (Å²) in [5, 5.41) is 5.63. The molecule has 7 nitrogen and oxygen atoms in total. The molecule has 1 fully saturated rings.